The van der Waals surface area contributed by atoms with E-state index in [4.69, 9.17) is 19.9 Å². The second-order valence-corrected chi connectivity index (χ2v) is 4.62. The lowest BCUT2D eigenvalue weighted by Crippen LogP contribution is -2.10. The number of methoxy groups -OCH3 is 2. The molecule has 6 heteroatoms. The molecule has 0 aliphatic heterocycles. The molecule has 2 rings (SSSR count). The molecule has 0 bridgehead atoms. The van der Waals surface area contributed by atoms with E-state index in [-0.39, 0.29) is 12.4 Å². The molecule has 23 heavy (non-hydrogen) atoms. The SMILES string of the molecule is COc1cc(CCN)cc(OC(=O)c2ccccc2)c1OC.Cl. The lowest BCUT2D eigenvalue weighted by atomic mass is 10.1. The van der Waals surface area contributed by atoms with Gasteiger partial charge >= 0.3 is 5.97 Å². The van der Waals surface area contributed by atoms with Crippen LogP contribution in [0.15, 0.2) is 42.5 Å². The fraction of sp³-hybridized carbons (Fsp3) is 0.235. The minimum absolute atomic E-state index is 0. The number of hydrogen-bond acceptors (Lipinski definition) is 5. The molecule has 0 aromatic heterocycles. The van der Waals surface area contributed by atoms with Gasteiger partial charge in [0, 0.05) is 0 Å². The van der Waals surface area contributed by atoms with Gasteiger partial charge in [0.05, 0.1) is 19.8 Å². The van der Waals surface area contributed by atoms with Crippen molar-refractivity contribution < 1.29 is 19.0 Å². The van der Waals surface area contributed by atoms with Crippen LogP contribution in [0.4, 0.5) is 0 Å². The number of hydrogen-bond donors (Lipinski definition) is 1. The van der Waals surface area contributed by atoms with Gasteiger partial charge < -0.3 is 19.9 Å². The van der Waals surface area contributed by atoms with Gasteiger partial charge in [-0.2, -0.15) is 0 Å². The Kier molecular flexibility index (Phi) is 7.38. The number of rotatable bonds is 6. The second kappa shape index (κ2) is 9.02. The van der Waals surface area contributed by atoms with E-state index in [9.17, 15) is 4.79 Å². The molecule has 0 heterocycles. The lowest BCUT2D eigenvalue weighted by molar-refractivity contribution is 0.0729. The molecule has 0 spiro atoms. The van der Waals surface area contributed by atoms with Gasteiger partial charge in [0.1, 0.15) is 0 Å². The molecule has 0 fully saturated rings. The molecular weight excluding hydrogens is 318 g/mol. The summed E-state index contributed by atoms with van der Waals surface area (Å²) in [5, 5.41) is 0. The van der Waals surface area contributed by atoms with Crippen LogP contribution in [0.1, 0.15) is 15.9 Å². The van der Waals surface area contributed by atoms with Gasteiger partial charge in [-0.15, -0.1) is 12.4 Å². The van der Waals surface area contributed by atoms with Crippen LogP contribution in [0.2, 0.25) is 0 Å². The molecule has 2 aromatic rings. The Labute approximate surface area is 141 Å². The van der Waals surface area contributed by atoms with Gasteiger partial charge in [-0.25, -0.2) is 4.79 Å². The third-order valence-corrected chi connectivity index (χ3v) is 3.15. The summed E-state index contributed by atoms with van der Waals surface area (Å²) in [6.45, 7) is 0.488. The van der Waals surface area contributed by atoms with Gasteiger partial charge in [0.15, 0.2) is 11.5 Å². The maximum Gasteiger partial charge on any atom is 0.343 e. The Hall–Kier alpha value is -2.24. The van der Waals surface area contributed by atoms with Gasteiger partial charge in [0.25, 0.3) is 0 Å². The van der Waals surface area contributed by atoms with Crippen LogP contribution < -0.4 is 19.9 Å². The molecule has 5 nitrogen and oxygen atoms in total. The molecule has 2 aromatic carbocycles. The Morgan fingerprint density at radius 1 is 1.04 bits per heavy atom. The molecule has 0 amide bonds. The van der Waals surface area contributed by atoms with Gasteiger partial charge in [-0.05, 0) is 42.8 Å². The number of esters is 1. The smallest absolute Gasteiger partial charge is 0.343 e. The standard InChI is InChI=1S/C17H19NO4.ClH/c1-20-14-10-12(8-9-18)11-15(16(14)21-2)22-17(19)13-6-4-3-5-7-13;/h3-7,10-11H,8-9,18H2,1-2H3;1H. The van der Waals surface area contributed by atoms with E-state index in [0.717, 1.165) is 5.56 Å². The third-order valence-electron chi connectivity index (χ3n) is 3.15. The van der Waals surface area contributed by atoms with Crippen molar-refractivity contribution in [2.75, 3.05) is 20.8 Å². The van der Waals surface area contributed by atoms with E-state index in [1.54, 1.807) is 30.3 Å². The minimum atomic E-state index is -0.453. The quantitative estimate of drug-likeness (QED) is 0.648. The lowest BCUT2D eigenvalue weighted by Gasteiger charge is -2.14. The van der Waals surface area contributed by atoms with Gasteiger partial charge in [-0.1, -0.05) is 18.2 Å². The first-order valence-corrected chi connectivity index (χ1v) is 6.91. The van der Waals surface area contributed by atoms with Crippen molar-refractivity contribution in [3.05, 3.63) is 53.6 Å². The fourth-order valence-electron chi connectivity index (χ4n) is 2.10. The van der Waals surface area contributed by atoms with Crippen LogP contribution in [-0.4, -0.2) is 26.7 Å². The largest absolute Gasteiger partial charge is 0.493 e. The summed E-state index contributed by atoms with van der Waals surface area (Å²) in [7, 11) is 3.03. The normalized spacial score (nSPS) is 9.70. The zero-order chi connectivity index (χ0) is 15.9. The Morgan fingerprint density at radius 3 is 2.26 bits per heavy atom. The molecule has 0 aliphatic rings. The highest BCUT2D eigenvalue weighted by atomic mass is 35.5. The highest BCUT2D eigenvalue weighted by Gasteiger charge is 2.17. The van der Waals surface area contributed by atoms with Crippen molar-refractivity contribution in [1.82, 2.24) is 0 Å². The summed E-state index contributed by atoms with van der Waals surface area (Å²) in [6, 6.07) is 12.3. The van der Waals surface area contributed by atoms with E-state index < -0.39 is 5.97 Å². The van der Waals surface area contributed by atoms with Crippen LogP contribution in [0.25, 0.3) is 0 Å². The van der Waals surface area contributed by atoms with E-state index in [2.05, 4.69) is 0 Å². The molecule has 124 valence electrons. The van der Waals surface area contributed by atoms with Crippen molar-refractivity contribution in [3.8, 4) is 17.2 Å². The van der Waals surface area contributed by atoms with Crippen LogP contribution in [-0.2, 0) is 6.42 Å². The minimum Gasteiger partial charge on any atom is -0.493 e. The van der Waals surface area contributed by atoms with Gasteiger partial charge in [-0.3, -0.25) is 0 Å². The summed E-state index contributed by atoms with van der Waals surface area (Å²) in [6.07, 6.45) is 0.649. The van der Waals surface area contributed by atoms with Crippen molar-refractivity contribution in [3.63, 3.8) is 0 Å². The predicted octanol–water partition coefficient (Wildman–Crippen LogP) is 2.85. The van der Waals surface area contributed by atoms with Crippen LogP contribution in [0.5, 0.6) is 17.2 Å². The van der Waals surface area contributed by atoms with Crippen molar-refractivity contribution in [1.29, 1.82) is 0 Å². The van der Waals surface area contributed by atoms with E-state index in [1.165, 1.54) is 14.2 Å². The maximum absolute atomic E-state index is 12.2. The predicted molar refractivity (Wildman–Crippen MR) is 91.0 cm³/mol. The first-order valence-electron chi connectivity index (χ1n) is 6.91. The Balaban J connectivity index is 0.00000264. The van der Waals surface area contributed by atoms with Crippen molar-refractivity contribution >= 4 is 18.4 Å². The maximum atomic E-state index is 12.2. The molecular formula is C17H20ClNO4. The number of halogens is 1. The average molecular weight is 338 g/mol. The third kappa shape index (κ3) is 4.61. The average Bonchev–Trinajstić information content (AvgIpc) is 2.55. The zero-order valence-electron chi connectivity index (χ0n) is 13.1. The second-order valence-electron chi connectivity index (χ2n) is 4.62. The number of ether oxygens (including phenoxy) is 3. The number of nitrogens with two attached hydrogens (primary N) is 1. The highest BCUT2D eigenvalue weighted by Crippen LogP contribution is 2.38. The van der Waals surface area contributed by atoms with Crippen LogP contribution in [0, 0.1) is 0 Å². The van der Waals surface area contributed by atoms with Crippen LogP contribution in [0.3, 0.4) is 0 Å². The topological polar surface area (TPSA) is 70.8 Å². The van der Waals surface area contributed by atoms with Crippen molar-refractivity contribution in [2.45, 2.75) is 6.42 Å². The zero-order valence-corrected chi connectivity index (χ0v) is 13.9. The first-order chi connectivity index (χ1) is 10.7. The molecule has 0 atom stereocenters. The monoisotopic (exact) mass is 337 g/mol. The summed E-state index contributed by atoms with van der Waals surface area (Å²) < 4.78 is 16.1. The highest BCUT2D eigenvalue weighted by molar-refractivity contribution is 5.91. The molecule has 0 saturated heterocycles. The molecule has 0 aliphatic carbocycles. The molecule has 0 radical (unpaired) electrons. The summed E-state index contributed by atoms with van der Waals surface area (Å²) in [5.41, 5.74) is 6.96. The van der Waals surface area contributed by atoms with E-state index >= 15 is 0 Å². The summed E-state index contributed by atoms with van der Waals surface area (Å²) >= 11 is 0. The number of carbonyl (C=O) groups is 1. The summed E-state index contributed by atoms with van der Waals surface area (Å²) in [4.78, 5) is 12.2. The first kappa shape index (κ1) is 18.8. The number of benzene rings is 2. The Morgan fingerprint density at radius 2 is 1.70 bits per heavy atom. The van der Waals surface area contributed by atoms with Crippen molar-refractivity contribution in [2.24, 2.45) is 5.73 Å². The van der Waals surface area contributed by atoms with Gasteiger partial charge in [0.2, 0.25) is 5.75 Å². The molecule has 0 unspecified atom stereocenters. The summed E-state index contributed by atoms with van der Waals surface area (Å²) in [5.74, 6) is 0.752. The fourth-order valence-corrected chi connectivity index (χ4v) is 2.10. The number of carbonyl (C=O) groups excluding carboxylic acids is 1. The molecule has 0 saturated carbocycles. The van der Waals surface area contributed by atoms with E-state index in [1.807, 2.05) is 12.1 Å². The van der Waals surface area contributed by atoms with E-state index in [0.29, 0.717) is 35.8 Å². The Bertz CT molecular complexity index is 647. The van der Waals surface area contributed by atoms with Crippen LogP contribution >= 0.6 is 12.4 Å². The molecule has 2 N–H and O–H groups in total.